The first kappa shape index (κ1) is 20.4. The summed E-state index contributed by atoms with van der Waals surface area (Å²) in [4.78, 5) is 30.1. The third-order valence-corrected chi connectivity index (χ3v) is 2.98. The van der Waals surface area contributed by atoms with E-state index in [0.29, 0.717) is 26.1 Å². The molecule has 22 heavy (non-hydrogen) atoms. The quantitative estimate of drug-likeness (QED) is 0.217. The van der Waals surface area contributed by atoms with Gasteiger partial charge < -0.3 is 18.9 Å². The summed E-state index contributed by atoms with van der Waals surface area (Å²) in [5.74, 6) is 0. The molecule has 0 fully saturated rings. The standard InChI is InChI=1S/C15H25O7/c16-12-20-11-6-2-1-5-9-19-10-7-3-4-8-15(21-13-17)22-14-18/h12-13,15H,1-11H2. The maximum atomic E-state index is 10.1. The van der Waals surface area contributed by atoms with Crippen LogP contribution in [0.4, 0.5) is 0 Å². The molecule has 0 amide bonds. The molecule has 127 valence electrons. The van der Waals surface area contributed by atoms with E-state index in [-0.39, 0.29) is 6.47 Å². The number of carbonyl (C=O) groups excluding carboxylic acids is 3. The molecule has 0 aromatic rings. The van der Waals surface area contributed by atoms with Crippen LogP contribution in [0.5, 0.6) is 0 Å². The van der Waals surface area contributed by atoms with E-state index in [1.807, 2.05) is 0 Å². The van der Waals surface area contributed by atoms with Crippen LogP contribution in [0.25, 0.3) is 0 Å². The maximum Gasteiger partial charge on any atom is 0.420 e. The Morgan fingerprint density at radius 1 is 0.818 bits per heavy atom. The van der Waals surface area contributed by atoms with Crippen molar-refractivity contribution in [1.82, 2.24) is 0 Å². The highest BCUT2D eigenvalue weighted by molar-refractivity contribution is 5.40. The van der Waals surface area contributed by atoms with Crippen LogP contribution in [-0.4, -0.2) is 45.5 Å². The number of ether oxygens (including phenoxy) is 4. The van der Waals surface area contributed by atoms with Gasteiger partial charge in [0.2, 0.25) is 6.29 Å². The van der Waals surface area contributed by atoms with E-state index in [4.69, 9.17) is 4.74 Å². The first-order chi connectivity index (χ1) is 10.8. The highest BCUT2D eigenvalue weighted by Crippen LogP contribution is 2.07. The van der Waals surface area contributed by atoms with Crippen LogP contribution in [-0.2, 0) is 33.3 Å². The first-order valence-electron chi connectivity index (χ1n) is 7.60. The van der Waals surface area contributed by atoms with Crippen LogP contribution in [0.1, 0.15) is 51.4 Å². The molecule has 0 aromatic carbocycles. The van der Waals surface area contributed by atoms with Gasteiger partial charge in [0.25, 0.3) is 12.9 Å². The SMILES string of the molecule is O=[C]OC(CCCCCOCCCCCCOC=O)OC=O. The molecule has 0 aliphatic rings. The van der Waals surface area contributed by atoms with E-state index in [2.05, 4.69) is 14.2 Å². The fourth-order valence-electron chi connectivity index (χ4n) is 1.86. The minimum atomic E-state index is -0.834. The lowest BCUT2D eigenvalue weighted by Gasteiger charge is -2.11. The number of hydrogen-bond acceptors (Lipinski definition) is 7. The van der Waals surface area contributed by atoms with Crippen molar-refractivity contribution in [2.45, 2.75) is 57.7 Å². The molecule has 0 spiro atoms. The Bertz CT molecular complexity index is 261. The van der Waals surface area contributed by atoms with Crippen molar-refractivity contribution in [3.8, 4) is 0 Å². The van der Waals surface area contributed by atoms with E-state index in [0.717, 1.165) is 51.6 Å². The second-order valence-corrected chi connectivity index (χ2v) is 4.71. The molecule has 0 N–H and O–H groups in total. The minimum absolute atomic E-state index is 0.260. The normalized spacial score (nSPS) is 10.2. The zero-order valence-corrected chi connectivity index (χ0v) is 12.9. The first-order valence-corrected chi connectivity index (χ1v) is 7.60. The number of hydrogen-bond donors (Lipinski definition) is 0. The van der Waals surface area contributed by atoms with E-state index < -0.39 is 6.29 Å². The van der Waals surface area contributed by atoms with Gasteiger partial charge in [0.1, 0.15) is 0 Å². The van der Waals surface area contributed by atoms with E-state index in [9.17, 15) is 14.4 Å². The third-order valence-electron chi connectivity index (χ3n) is 2.98. The number of carbonyl (C=O) groups is 2. The summed E-state index contributed by atoms with van der Waals surface area (Å²) in [5, 5.41) is 0. The van der Waals surface area contributed by atoms with Gasteiger partial charge in [-0.2, -0.15) is 0 Å². The largest absolute Gasteiger partial charge is 0.468 e. The molecule has 0 saturated heterocycles. The van der Waals surface area contributed by atoms with Gasteiger partial charge in [-0.1, -0.05) is 12.8 Å². The van der Waals surface area contributed by atoms with Crippen molar-refractivity contribution < 1.29 is 33.3 Å². The van der Waals surface area contributed by atoms with E-state index in [1.165, 1.54) is 6.47 Å². The van der Waals surface area contributed by atoms with Gasteiger partial charge in [0.15, 0.2) is 0 Å². The lowest BCUT2D eigenvalue weighted by Crippen LogP contribution is -2.15. The molecule has 1 radical (unpaired) electrons. The summed E-state index contributed by atoms with van der Waals surface area (Å²) >= 11 is 0. The van der Waals surface area contributed by atoms with Gasteiger partial charge in [-0.3, -0.25) is 9.59 Å². The van der Waals surface area contributed by atoms with Gasteiger partial charge in [-0.05, 0) is 32.1 Å². The number of rotatable bonds is 18. The Balaban J connectivity index is 3.20. The van der Waals surface area contributed by atoms with Crippen molar-refractivity contribution in [2.75, 3.05) is 19.8 Å². The molecular formula is C15H25O7. The summed E-state index contributed by atoms with van der Waals surface area (Å²) in [6.07, 6.45) is 6.21. The zero-order valence-electron chi connectivity index (χ0n) is 12.9. The molecule has 0 saturated carbocycles. The molecule has 0 heterocycles. The summed E-state index contributed by atoms with van der Waals surface area (Å²) in [6.45, 7) is 3.91. The van der Waals surface area contributed by atoms with Crippen LogP contribution >= 0.6 is 0 Å². The minimum Gasteiger partial charge on any atom is -0.468 e. The smallest absolute Gasteiger partial charge is 0.420 e. The third kappa shape index (κ3) is 14.8. The molecule has 1 unspecified atom stereocenters. The molecular weight excluding hydrogens is 292 g/mol. The Morgan fingerprint density at radius 2 is 1.45 bits per heavy atom. The van der Waals surface area contributed by atoms with Gasteiger partial charge in [-0.25, -0.2) is 4.79 Å². The lowest BCUT2D eigenvalue weighted by molar-refractivity contribution is -0.150. The molecule has 0 aromatic heterocycles. The monoisotopic (exact) mass is 317 g/mol. The van der Waals surface area contributed by atoms with E-state index in [1.54, 1.807) is 0 Å². The van der Waals surface area contributed by atoms with Crippen LogP contribution in [0.3, 0.4) is 0 Å². The average Bonchev–Trinajstić information content (AvgIpc) is 2.52. The highest BCUT2D eigenvalue weighted by atomic mass is 16.7. The van der Waals surface area contributed by atoms with Crippen molar-refractivity contribution in [2.24, 2.45) is 0 Å². The van der Waals surface area contributed by atoms with Gasteiger partial charge >= 0.3 is 6.47 Å². The van der Waals surface area contributed by atoms with E-state index >= 15 is 0 Å². The second kappa shape index (κ2) is 17.4. The Morgan fingerprint density at radius 3 is 2.05 bits per heavy atom. The summed E-state index contributed by atoms with van der Waals surface area (Å²) in [7, 11) is 0. The lowest BCUT2D eigenvalue weighted by atomic mass is 10.2. The Hall–Kier alpha value is -1.63. The Labute approximate surface area is 131 Å². The Kier molecular flexibility index (Phi) is 16.1. The van der Waals surface area contributed by atoms with Gasteiger partial charge in [-0.15, -0.1) is 0 Å². The van der Waals surface area contributed by atoms with Crippen LogP contribution < -0.4 is 0 Å². The zero-order chi connectivity index (χ0) is 16.3. The predicted octanol–water partition coefficient (Wildman–Crippen LogP) is 1.88. The fourth-order valence-corrected chi connectivity index (χ4v) is 1.86. The molecule has 0 aliphatic heterocycles. The fraction of sp³-hybridized carbons (Fsp3) is 0.800. The van der Waals surface area contributed by atoms with Crippen LogP contribution in [0.2, 0.25) is 0 Å². The van der Waals surface area contributed by atoms with Crippen LogP contribution in [0.15, 0.2) is 0 Å². The summed E-state index contributed by atoms with van der Waals surface area (Å²) in [6, 6.07) is 0. The van der Waals surface area contributed by atoms with Gasteiger partial charge in [0, 0.05) is 19.6 Å². The van der Waals surface area contributed by atoms with Crippen LogP contribution in [0, 0.1) is 0 Å². The summed E-state index contributed by atoms with van der Waals surface area (Å²) in [5.41, 5.74) is 0. The molecule has 0 bridgehead atoms. The highest BCUT2D eigenvalue weighted by Gasteiger charge is 2.09. The molecule has 0 rings (SSSR count). The summed E-state index contributed by atoms with van der Waals surface area (Å²) < 4.78 is 19.1. The van der Waals surface area contributed by atoms with Crippen molar-refractivity contribution in [3.63, 3.8) is 0 Å². The van der Waals surface area contributed by atoms with Crippen molar-refractivity contribution in [1.29, 1.82) is 0 Å². The van der Waals surface area contributed by atoms with Crippen molar-refractivity contribution >= 4 is 19.4 Å². The molecule has 1 atom stereocenters. The predicted molar refractivity (Wildman–Crippen MR) is 77.5 cm³/mol. The molecule has 7 heteroatoms. The maximum absolute atomic E-state index is 10.1. The topological polar surface area (TPSA) is 88.1 Å². The molecule has 0 aliphatic carbocycles. The average molecular weight is 317 g/mol. The molecule has 7 nitrogen and oxygen atoms in total. The van der Waals surface area contributed by atoms with Crippen molar-refractivity contribution in [3.05, 3.63) is 0 Å². The second-order valence-electron chi connectivity index (χ2n) is 4.71. The number of unbranched alkanes of at least 4 members (excludes halogenated alkanes) is 5. The van der Waals surface area contributed by atoms with Gasteiger partial charge in [0.05, 0.1) is 6.61 Å².